The molecule has 5 aliphatic heterocycles. The van der Waals surface area contributed by atoms with E-state index in [2.05, 4.69) is 62.8 Å². The van der Waals surface area contributed by atoms with Gasteiger partial charge in [-0.3, -0.25) is 14.8 Å². The van der Waals surface area contributed by atoms with E-state index in [0.717, 1.165) is 0 Å². The minimum atomic E-state index is -2.36. The molecule has 70 heavy (non-hydrogen) atoms. The summed E-state index contributed by atoms with van der Waals surface area (Å²) in [6.45, 7) is 21.3. The number of carbonyl (C=O) groups is 1. The summed E-state index contributed by atoms with van der Waals surface area (Å²) in [4.78, 5) is 34.8. The van der Waals surface area contributed by atoms with Crippen molar-refractivity contribution < 1.29 is 46.4 Å². The number of fused-ring (bicyclic) bond motifs is 9. The number of piperazine rings is 1. The highest BCUT2D eigenvalue weighted by molar-refractivity contribution is 6.90. The quantitative estimate of drug-likeness (QED) is 0.0996. The lowest BCUT2D eigenvalue weighted by Crippen LogP contribution is -2.66. The molecule has 4 fully saturated rings. The summed E-state index contributed by atoms with van der Waals surface area (Å²) < 4.78 is 86.6. The molecule has 17 heteroatoms. The molecule has 0 radical (unpaired) electrons. The molecule has 0 saturated carbocycles. The van der Waals surface area contributed by atoms with Gasteiger partial charge in [0.2, 0.25) is 0 Å². The van der Waals surface area contributed by atoms with E-state index in [1.165, 1.54) is 13.2 Å². The van der Waals surface area contributed by atoms with Gasteiger partial charge in [-0.2, -0.15) is 9.97 Å². The van der Waals surface area contributed by atoms with Crippen LogP contribution in [0.3, 0.4) is 0 Å². The Hall–Kier alpha value is -4.73. The predicted molar refractivity (Wildman–Crippen MR) is 266 cm³/mol. The number of hydrogen-bond donors (Lipinski definition) is 0. The SMILES string of the molecule is COCOc1cc(-c2ncc3c4nc(nc3c2F)OC[C@]23C[C@@H](F)CN2C[C@@H](C3)OCCCOC[C@@]23CC[C@@H](CN4C2)N3C(=O)OC(C)(C)C)c2c(C#C[Si](C(C)C)(C(C)C)C(C)C)c(F)ccc2c1. The molecule has 0 N–H and O–H groups in total. The zero-order chi connectivity index (χ0) is 49.9. The fourth-order valence-electron chi connectivity index (χ4n) is 12.6. The standard InChI is InChI=1S/C53H69F3N6O7Si/c1-32(2)70(33(3)4,34(5)6)19-15-40-43(55)13-12-35-20-38(68-31-64-10)21-41(44(35)40)46-45(56)47-42(24-57-46)48-59-49(58-47)67-30-53-22-36(54)25-61(53)27-39(23-53)66-18-11-17-65-29-52-16-14-37(26-60(48)28-52)62(52)50(63)69-51(7,8)9/h12-13,20-21,24,32-34,36-37,39H,11,14,16-18,22-23,25-31H2,1-10H3/t36-,37+,39-,52-,53-/m1/s1. The summed E-state index contributed by atoms with van der Waals surface area (Å²) in [7, 11) is -0.850. The van der Waals surface area contributed by atoms with Crippen molar-refractivity contribution >= 4 is 41.7 Å². The third kappa shape index (κ3) is 9.20. The van der Waals surface area contributed by atoms with Gasteiger partial charge in [-0.15, -0.1) is 5.54 Å². The molecule has 4 saturated heterocycles. The maximum Gasteiger partial charge on any atom is 0.411 e. The van der Waals surface area contributed by atoms with Gasteiger partial charge in [-0.1, -0.05) is 53.5 Å². The number of nitrogens with zero attached hydrogens (tertiary/aromatic N) is 6. The van der Waals surface area contributed by atoms with Crippen LogP contribution in [0.4, 0.5) is 23.8 Å². The number of rotatable bonds is 7. The van der Waals surface area contributed by atoms with Crippen LogP contribution in [-0.2, 0) is 18.9 Å². The van der Waals surface area contributed by atoms with E-state index in [0.29, 0.717) is 79.7 Å². The van der Waals surface area contributed by atoms with Crippen LogP contribution in [-0.4, -0.2) is 140 Å². The molecule has 2 aromatic heterocycles. The van der Waals surface area contributed by atoms with Crippen LogP contribution in [0.1, 0.15) is 100.0 Å². The lowest BCUT2D eigenvalue weighted by molar-refractivity contribution is -0.0374. The Morgan fingerprint density at radius 3 is 2.49 bits per heavy atom. The number of anilines is 1. The van der Waals surface area contributed by atoms with Crippen LogP contribution < -0.4 is 14.4 Å². The molecule has 1 amide bonds. The van der Waals surface area contributed by atoms with E-state index in [1.807, 2.05) is 25.7 Å². The Labute approximate surface area is 411 Å². The molecular formula is C53H69F3N6O7Si. The molecule has 7 bridgehead atoms. The van der Waals surface area contributed by atoms with E-state index < -0.39 is 48.7 Å². The van der Waals surface area contributed by atoms with Gasteiger partial charge in [-0.25, -0.2) is 18.0 Å². The Balaban J connectivity index is 1.23. The van der Waals surface area contributed by atoms with Crippen molar-refractivity contribution in [2.45, 2.75) is 146 Å². The lowest BCUT2D eigenvalue weighted by Gasteiger charge is -2.49. The number of halogens is 3. The lowest BCUT2D eigenvalue weighted by atomic mass is 9.94. The predicted octanol–water partition coefficient (Wildman–Crippen LogP) is 10.0. The van der Waals surface area contributed by atoms with Gasteiger partial charge in [0.1, 0.15) is 55.0 Å². The number of aromatic nitrogens is 3. The van der Waals surface area contributed by atoms with Crippen LogP contribution in [0.15, 0.2) is 30.5 Å². The van der Waals surface area contributed by atoms with Crippen molar-refractivity contribution in [2.24, 2.45) is 0 Å². The number of benzene rings is 2. The zero-order valence-corrected chi connectivity index (χ0v) is 43.4. The van der Waals surface area contributed by atoms with Gasteiger partial charge < -0.3 is 33.3 Å². The highest BCUT2D eigenvalue weighted by atomic mass is 28.3. The summed E-state index contributed by atoms with van der Waals surface area (Å²) in [6.07, 6.45) is 2.70. The number of ether oxygens (including phenoxy) is 6. The van der Waals surface area contributed by atoms with Gasteiger partial charge in [0, 0.05) is 70.1 Å². The molecule has 4 aromatic rings. The molecule has 5 aliphatic rings. The summed E-state index contributed by atoms with van der Waals surface area (Å²) in [6, 6.07) is 6.06. The number of amides is 1. The Morgan fingerprint density at radius 1 is 0.986 bits per heavy atom. The van der Waals surface area contributed by atoms with E-state index in [1.54, 1.807) is 24.4 Å². The zero-order valence-electron chi connectivity index (χ0n) is 42.4. The fourth-order valence-corrected chi connectivity index (χ4v) is 17.8. The molecule has 378 valence electrons. The highest BCUT2D eigenvalue weighted by Crippen LogP contribution is 2.47. The first kappa shape index (κ1) is 50.2. The fraction of sp³-hybridized carbons (Fsp3) is 0.623. The Kier molecular flexibility index (Phi) is 13.9. The maximum absolute atomic E-state index is 18.2. The third-order valence-electron chi connectivity index (χ3n) is 15.5. The molecule has 0 unspecified atom stereocenters. The van der Waals surface area contributed by atoms with Gasteiger partial charge in [0.25, 0.3) is 0 Å². The normalized spacial score (nSPS) is 25.3. The molecule has 0 aliphatic carbocycles. The van der Waals surface area contributed by atoms with Crippen LogP contribution >= 0.6 is 0 Å². The van der Waals surface area contributed by atoms with E-state index in [9.17, 15) is 4.79 Å². The molecule has 9 rings (SSSR count). The summed E-state index contributed by atoms with van der Waals surface area (Å²) >= 11 is 0. The number of pyridine rings is 1. The molecular weight excluding hydrogens is 918 g/mol. The minimum absolute atomic E-state index is 0.0542. The van der Waals surface area contributed by atoms with Crippen LogP contribution in [0.2, 0.25) is 16.6 Å². The van der Waals surface area contributed by atoms with Crippen molar-refractivity contribution in [1.29, 1.82) is 0 Å². The number of methoxy groups -OCH3 is 1. The number of hydrogen-bond acceptors (Lipinski definition) is 12. The first-order chi connectivity index (χ1) is 33.3. The first-order valence-electron chi connectivity index (χ1n) is 25.0. The van der Waals surface area contributed by atoms with Crippen LogP contribution in [0, 0.1) is 23.1 Å². The average Bonchev–Trinajstić information content (AvgIpc) is 3.87. The van der Waals surface area contributed by atoms with E-state index >= 15 is 13.2 Å². The van der Waals surface area contributed by atoms with E-state index in [-0.39, 0.29) is 96.6 Å². The second-order valence-corrected chi connectivity index (χ2v) is 27.8. The smallest absolute Gasteiger partial charge is 0.411 e. The van der Waals surface area contributed by atoms with E-state index in [4.69, 9.17) is 43.4 Å². The molecule has 7 heterocycles. The largest absolute Gasteiger partial charge is 0.468 e. The Bertz CT molecular complexity index is 2670. The highest BCUT2D eigenvalue weighted by Gasteiger charge is 2.56. The minimum Gasteiger partial charge on any atom is -0.468 e. The van der Waals surface area contributed by atoms with Crippen LogP contribution in [0.5, 0.6) is 11.8 Å². The molecule has 2 aromatic carbocycles. The maximum atomic E-state index is 18.2. The number of carbonyl (C=O) groups excluding carboxylic acids is 1. The van der Waals surface area contributed by atoms with Gasteiger partial charge in [0.15, 0.2) is 12.6 Å². The van der Waals surface area contributed by atoms with Crippen molar-refractivity contribution in [2.75, 3.05) is 71.4 Å². The van der Waals surface area contributed by atoms with Crippen molar-refractivity contribution in [3.63, 3.8) is 0 Å². The van der Waals surface area contributed by atoms with Crippen molar-refractivity contribution in [3.8, 4) is 34.5 Å². The topological polar surface area (TPSA) is 121 Å². The monoisotopic (exact) mass is 986 g/mol. The van der Waals surface area contributed by atoms with Crippen molar-refractivity contribution in [1.82, 2.24) is 24.8 Å². The molecule has 5 atom stereocenters. The first-order valence-corrected chi connectivity index (χ1v) is 27.3. The summed E-state index contributed by atoms with van der Waals surface area (Å²) in [5.74, 6) is 2.76. The Morgan fingerprint density at radius 2 is 1.76 bits per heavy atom. The van der Waals surface area contributed by atoms with Crippen molar-refractivity contribution in [3.05, 3.63) is 47.7 Å². The van der Waals surface area contributed by atoms with Gasteiger partial charge >= 0.3 is 12.1 Å². The summed E-state index contributed by atoms with van der Waals surface area (Å²) in [5.41, 5.74) is 2.56. The second-order valence-electron chi connectivity index (χ2n) is 22.2. The molecule has 2 spiro atoms. The summed E-state index contributed by atoms with van der Waals surface area (Å²) in [5, 5.41) is 1.28. The second kappa shape index (κ2) is 19.4. The number of alkyl halides is 1. The van der Waals surface area contributed by atoms with Crippen LogP contribution in [0.25, 0.3) is 32.9 Å². The van der Waals surface area contributed by atoms with Gasteiger partial charge in [0.05, 0.1) is 40.8 Å². The molecule has 13 nitrogen and oxygen atoms in total. The average molecular weight is 987 g/mol. The van der Waals surface area contributed by atoms with Gasteiger partial charge in [-0.05, 0) is 86.7 Å². The third-order valence-corrected chi connectivity index (χ3v) is 21.8.